The molecule has 1 heterocycles. The Morgan fingerprint density at radius 2 is 1.54 bits per heavy atom. The predicted molar refractivity (Wildman–Crippen MR) is 103 cm³/mol. The summed E-state index contributed by atoms with van der Waals surface area (Å²) in [6.45, 7) is 8.16. The van der Waals surface area contributed by atoms with Crippen molar-refractivity contribution < 1.29 is 8.81 Å². The molecule has 0 unspecified atom stereocenters. The second kappa shape index (κ2) is 5.80. The van der Waals surface area contributed by atoms with E-state index in [0.717, 1.165) is 33.2 Å². The molecular formula is C23H19FO2. The molecule has 0 bridgehead atoms. The van der Waals surface area contributed by atoms with Gasteiger partial charge in [0, 0.05) is 22.6 Å². The summed E-state index contributed by atoms with van der Waals surface area (Å²) < 4.78 is 20.1. The smallest absolute Gasteiger partial charge is 0.217 e. The average molecular weight is 346 g/mol. The molecule has 3 heteroatoms. The molecule has 0 atom stereocenters. The molecule has 2 aromatic carbocycles. The fraction of sp³-hybridized carbons (Fsp3) is 0.174. The maximum Gasteiger partial charge on any atom is 0.217 e. The molecule has 0 amide bonds. The van der Waals surface area contributed by atoms with E-state index in [-0.39, 0.29) is 0 Å². The monoisotopic (exact) mass is 346 g/mol. The van der Waals surface area contributed by atoms with E-state index in [1.165, 1.54) is 17.7 Å². The SMILES string of the molecule is Cc1ccc(-c2c3cc(F)c(=O)cc-3oc3cc(C)c(C)cc23)c(C)c1. The first-order valence-electron chi connectivity index (χ1n) is 8.60. The second-order valence-electron chi connectivity index (χ2n) is 7.01. The van der Waals surface area contributed by atoms with Crippen molar-refractivity contribution in [2.45, 2.75) is 27.7 Å². The van der Waals surface area contributed by atoms with Crippen molar-refractivity contribution in [2.75, 3.05) is 0 Å². The molecule has 2 aliphatic rings. The number of aryl methyl sites for hydroxylation is 4. The van der Waals surface area contributed by atoms with Crippen LogP contribution in [0.1, 0.15) is 22.3 Å². The molecule has 2 nitrogen and oxygen atoms in total. The molecule has 4 rings (SSSR count). The lowest BCUT2D eigenvalue weighted by molar-refractivity contribution is 0.597. The molecule has 2 aromatic rings. The zero-order valence-corrected chi connectivity index (χ0v) is 15.2. The lowest BCUT2D eigenvalue weighted by atomic mass is 9.89. The highest BCUT2D eigenvalue weighted by molar-refractivity contribution is 6.02. The third-order valence-electron chi connectivity index (χ3n) is 5.04. The van der Waals surface area contributed by atoms with Crippen LogP contribution in [0, 0.1) is 33.5 Å². The molecule has 0 radical (unpaired) electrons. The minimum atomic E-state index is -0.762. The summed E-state index contributed by atoms with van der Waals surface area (Å²) in [5.41, 5.74) is 7.09. The number of benzene rings is 3. The molecule has 0 fully saturated rings. The van der Waals surface area contributed by atoms with Crippen LogP contribution in [0.5, 0.6) is 0 Å². The van der Waals surface area contributed by atoms with Crippen LogP contribution >= 0.6 is 0 Å². The molecule has 0 saturated heterocycles. The van der Waals surface area contributed by atoms with Gasteiger partial charge < -0.3 is 4.42 Å². The summed E-state index contributed by atoms with van der Waals surface area (Å²) in [4.78, 5) is 11.8. The summed E-state index contributed by atoms with van der Waals surface area (Å²) in [7, 11) is 0. The van der Waals surface area contributed by atoms with Crippen LogP contribution in [0.3, 0.4) is 0 Å². The van der Waals surface area contributed by atoms with Gasteiger partial charge in [-0.25, -0.2) is 4.39 Å². The zero-order chi connectivity index (χ0) is 18.6. The lowest BCUT2D eigenvalue weighted by Crippen LogP contribution is -2.07. The fourth-order valence-electron chi connectivity index (χ4n) is 3.53. The Kier molecular flexibility index (Phi) is 3.69. The maximum atomic E-state index is 14.1. The van der Waals surface area contributed by atoms with Crippen molar-refractivity contribution in [2.24, 2.45) is 0 Å². The Morgan fingerprint density at radius 1 is 0.808 bits per heavy atom. The van der Waals surface area contributed by atoms with E-state index in [2.05, 4.69) is 18.2 Å². The van der Waals surface area contributed by atoms with Crippen molar-refractivity contribution >= 4 is 11.0 Å². The highest BCUT2D eigenvalue weighted by Crippen LogP contribution is 2.42. The summed E-state index contributed by atoms with van der Waals surface area (Å²) in [5, 5.41) is 0.922. The summed E-state index contributed by atoms with van der Waals surface area (Å²) >= 11 is 0. The largest absolute Gasteiger partial charge is 0.456 e. The molecule has 26 heavy (non-hydrogen) atoms. The van der Waals surface area contributed by atoms with Crippen LogP contribution in [0.4, 0.5) is 4.39 Å². The van der Waals surface area contributed by atoms with E-state index in [1.807, 2.05) is 39.8 Å². The molecule has 1 aliphatic heterocycles. The van der Waals surface area contributed by atoms with Crippen molar-refractivity contribution in [1.82, 2.24) is 0 Å². The first-order valence-corrected chi connectivity index (χ1v) is 8.60. The first kappa shape index (κ1) is 16.5. The Bertz CT molecular complexity index is 1200. The molecule has 0 saturated carbocycles. The van der Waals surface area contributed by atoms with Crippen LogP contribution in [-0.4, -0.2) is 0 Å². The Hall–Kier alpha value is -2.94. The van der Waals surface area contributed by atoms with Gasteiger partial charge in [-0.15, -0.1) is 0 Å². The van der Waals surface area contributed by atoms with Crippen LogP contribution in [-0.2, 0) is 0 Å². The van der Waals surface area contributed by atoms with Crippen molar-refractivity contribution in [3.05, 3.63) is 80.8 Å². The molecule has 0 spiro atoms. The normalized spacial score (nSPS) is 11.4. The van der Waals surface area contributed by atoms with Gasteiger partial charge in [0.1, 0.15) is 11.3 Å². The highest BCUT2D eigenvalue weighted by atomic mass is 19.1. The average Bonchev–Trinajstić information content (AvgIpc) is 2.57. The van der Waals surface area contributed by atoms with Gasteiger partial charge in [-0.3, -0.25) is 4.79 Å². The number of hydrogen-bond donors (Lipinski definition) is 0. The molecule has 1 aliphatic carbocycles. The van der Waals surface area contributed by atoms with Crippen molar-refractivity contribution in [3.8, 4) is 22.5 Å². The predicted octanol–water partition coefficient (Wildman–Crippen LogP) is 5.94. The van der Waals surface area contributed by atoms with Gasteiger partial charge in [-0.2, -0.15) is 0 Å². The van der Waals surface area contributed by atoms with Crippen LogP contribution in [0.15, 0.2) is 51.7 Å². The summed E-state index contributed by atoms with van der Waals surface area (Å²) in [5.74, 6) is -0.357. The molecule has 0 aromatic heterocycles. The van der Waals surface area contributed by atoms with Crippen molar-refractivity contribution in [1.29, 1.82) is 0 Å². The zero-order valence-electron chi connectivity index (χ0n) is 15.2. The third kappa shape index (κ3) is 2.51. The Balaban J connectivity index is 2.25. The van der Waals surface area contributed by atoms with Crippen LogP contribution in [0.25, 0.3) is 33.4 Å². The van der Waals surface area contributed by atoms with E-state index in [9.17, 15) is 9.18 Å². The topological polar surface area (TPSA) is 30.2 Å². The van der Waals surface area contributed by atoms with Crippen LogP contribution < -0.4 is 5.43 Å². The summed E-state index contributed by atoms with van der Waals surface area (Å²) in [6, 6.07) is 12.8. The molecule has 130 valence electrons. The molecular weight excluding hydrogens is 327 g/mol. The number of hydrogen-bond acceptors (Lipinski definition) is 2. The lowest BCUT2D eigenvalue weighted by Gasteiger charge is -2.18. The van der Waals surface area contributed by atoms with Crippen LogP contribution in [0.2, 0.25) is 0 Å². The number of halogens is 1. The second-order valence-corrected chi connectivity index (χ2v) is 7.01. The quantitative estimate of drug-likeness (QED) is 0.399. The summed E-state index contributed by atoms with van der Waals surface area (Å²) in [6.07, 6.45) is 0. The number of rotatable bonds is 1. The van der Waals surface area contributed by atoms with E-state index >= 15 is 0 Å². The van der Waals surface area contributed by atoms with Gasteiger partial charge in [-0.05, 0) is 68.1 Å². The Morgan fingerprint density at radius 3 is 2.27 bits per heavy atom. The van der Waals surface area contributed by atoms with Gasteiger partial charge in [0.05, 0.1) is 0 Å². The number of fused-ring (bicyclic) bond motifs is 2. The first-order chi connectivity index (χ1) is 12.3. The van der Waals surface area contributed by atoms with E-state index in [4.69, 9.17) is 4.42 Å². The van der Waals surface area contributed by atoms with Gasteiger partial charge in [0.2, 0.25) is 5.43 Å². The van der Waals surface area contributed by atoms with E-state index in [0.29, 0.717) is 16.9 Å². The standard InChI is InChI=1S/C23H19FO2/c1-12-5-6-16(15(4)7-12)23-17-8-13(2)14(3)9-21(17)26-22-11-20(25)19(24)10-18(22)23/h5-11H,1-4H3. The fourth-order valence-corrected chi connectivity index (χ4v) is 3.53. The van der Waals surface area contributed by atoms with Crippen molar-refractivity contribution in [3.63, 3.8) is 0 Å². The maximum absolute atomic E-state index is 14.1. The van der Waals surface area contributed by atoms with E-state index in [1.54, 1.807) is 0 Å². The van der Waals surface area contributed by atoms with Gasteiger partial charge in [-0.1, -0.05) is 23.8 Å². The third-order valence-corrected chi connectivity index (χ3v) is 5.04. The minimum Gasteiger partial charge on any atom is -0.456 e. The highest BCUT2D eigenvalue weighted by Gasteiger charge is 2.21. The van der Waals surface area contributed by atoms with E-state index < -0.39 is 11.2 Å². The van der Waals surface area contributed by atoms with Gasteiger partial charge >= 0.3 is 0 Å². The van der Waals surface area contributed by atoms with Gasteiger partial charge in [0.25, 0.3) is 0 Å². The Labute approximate surface area is 151 Å². The minimum absolute atomic E-state index is 0.405. The molecule has 0 N–H and O–H groups in total. The van der Waals surface area contributed by atoms with Gasteiger partial charge in [0.15, 0.2) is 5.82 Å².